The quantitative estimate of drug-likeness (QED) is 0.402. The van der Waals surface area contributed by atoms with Crippen molar-refractivity contribution in [2.75, 3.05) is 20.7 Å². The molecule has 0 spiro atoms. The molecule has 1 aromatic carbocycles. The zero-order chi connectivity index (χ0) is 26.3. The molecule has 34 heavy (non-hydrogen) atoms. The highest BCUT2D eigenvalue weighted by atomic mass is 16.5. The van der Waals surface area contributed by atoms with Crippen molar-refractivity contribution in [1.82, 2.24) is 15.5 Å². The highest BCUT2D eigenvalue weighted by Crippen LogP contribution is 2.28. The number of carbonyl (C=O) groups excluding carboxylic acids is 3. The molecule has 1 rings (SSSR count). The molecule has 0 bridgehead atoms. The first kappa shape index (κ1) is 29.4. The van der Waals surface area contributed by atoms with E-state index in [1.54, 1.807) is 38.9 Å². The number of benzene rings is 1. The summed E-state index contributed by atoms with van der Waals surface area (Å²) >= 11 is 0. The van der Waals surface area contributed by atoms with Crippen LogP contribution in [0.4, 0.5) is 0 Å². The molecule has 0 aliphatic carbocycles. The minimum absolute atomic E-state index is 0.228. The van der Waals surface area contributed by atoms with E-state index in [1.165, 1.54) is 0 Å². The lowest BCUT2D eigenvalue weighted by Gasteiger charge is -2.38. The van der Waals surface area contributed by atoms with Gasteiger partial charge < -0.3 is 20.3 Å². The van der Waals surface area contributed by atoms with E-state index in [4.69, 9.17) is 4.74 Å². The van der Waals surface area contributed by atoms with Crippen LogP contribution in [0, 0.1) is 5.41 Å². The van der Waals surface area contributed by atoms with Crippen molar-refractivity contribution in [3.8, 4) is 0 Å². The Bertz CT molecular complexity index is 872. The summed E-state index contributed by atoms with van der Waals surface area (Å²) in [5.74, 6) is -0.881. The largest absolute Gasteiger partial charge is 0.463 e. The summed E-state index contributed by atoms with van der Waals surface area (Å²) in [4.78, 5) is 40.5. The monoisotopic (exact) mass is 473 g/mol. The van der Waals surface area contributed by atoms with Gasteiger partial charge in [-0.2, -0.15) is 0 Å². The maximum Gasteiger partial charge on any atom is 0.333 e. The molecule has 0 fully saturated rings. The molecule has 1 unspecified atom stereocenters. The van der Waals surface area contributed by atoms with Crippen molar-refractivity contribution >= 4 is 17.8 Å². The Morgan fingerprint density at radius 3 is 2.09 bits per heavy atom. The topological polar surface area (TPSA) is 87.7 Å². The minimum Gasteiger partial charge on any atom is -0.463 e. The summed E-state index contributed by atoms with van der Waals surface area (Å²) in [5, 5.41) is 6.15. The van der Waals surface area contributed by atoms with E-state index in [9.17, 15) is 14.4 Å². The second-order valence-electron chi connectivity index (χ2n) is 10.4. The molecule has 0 aliphatic heterocycles. The van der Waals surface area contributed by atoms with Crippen LogP contribution >= 0.6 is 0 Å². The van der Waals surface area contributed by atoms with E-state index in [-0.39, 0.29) is 24.5 Å². The second kappa shape index (κ2) is 12.2. The number of rotatable bonds is 10. The van der Waals surface area contributed by atoms with Gasteiger partial charge in [0.15, 0.2) is 0 Å². The fourth-order valence-electron chi connectivity index (χ4n) is 3.92. The number of nitrogens with zero attached hydrogens (tertiary/aromatic N) is 1. The molecule has 0 saturated carbocycles. The Labute approximate surface area is 205 Å². The molecule has 0 saturated heterocycles. The van der Waals surface area contributed by atoms with Crippen LogP contribution in [0.25, 0.3) is 0 Å². The molecular formula is C27H43N3O4. The smallest absolute Gasteiger partial charge is 0.333 e. The molecule has 0 aromatic heterocycles. The number of ether oxygens (including phenoxy) is 1. The third-order valence-corrected chi connectivity index (χ3v) is 6.24. The van der Waals surface area contributed by atoms with Crippen molar-refractivity contribution in [3.05, 3.63) is 47.5 Å². The number of amides is 2. The van der Waals surface area contributed by atoms with Crippen molar-refractivity contribution in [1.29, 1.82) is 0 Å². The minimum atomic E-state index is -0.758. The molecule has 0 aliphatic rings. The molecule has 190 valence electrons. The summed E-state index contributed by atoms with van der Waals surface area (Å²) in [6, 6.07) is 8.16. The van der Waals surface area contributed by atoms with Crippen LogP contribution in [0.1, 0.15) is 61.0 Å². The number of carbonyl (C=O) groups is 3. The van der Waals surface area contributed by atoms with Crippen LogP contribution in [-0.4, -0.2) is 61.5 Å². The van der Waals surface area contributed by atoms with E-state index in [0.29, 0.717) is 5.57 Å². The Morgan fingerprint density at radius 1 is 1.06 bits per heavy atom. The summed E-state index contributed by atoms with van der Waals surface area (Å²) in [7, 11) is 3.43. The number of hydrogen-bond donors (Lipinski definition) is 2. The van der Waals surface area contributed by atoms with Gasteiger partial charge >= 0.3 is 5.97 Å². The van der Waals surface area contributed by atoms with Gasteiger partial charge in [-0.3, -0.25) is 9.59 Å². The van der Waals surface area contributed by atoms with Gasteiger partial charge in [0.25, 0.3) is 0 Å². The predicted molar refractivity (Wildman–Crippen MR) is 136 cm³/mol. The van der Waals surface area contributed by atoms with Gasteiger partial charge in [0, 0.05) is 24.1 Å². The van der Waals surface area contributed by atoms with Crippen LogP contribution in [0.15, 0.2) is 42.0 Å². The summed E-state index contributed by atoms with van der Waals surface area (Å²) in [6.45, 7) is 15.3. The standard InChI is InChI=1S/C27H43N3O4/c1-11-34-25(33)18(2)17-19(3)30(10)24(32)22(26(4,5)6)29-23(31)21(28-9)27(7,8)20-15-13-12-14-16-20/h12-17,19,21-22,28H,11H2,1-10H3,(H,29,31)/b18-17+/t19-,21+,22?/m0/s1. The molecule has 3 atom stereocenters. The zero-order valence-electron chi connectivity index (χ0n) is 22.5. The molecule has 0 heterocycles. The van der Waals surface area contributed by atoms with Crippen LogP contribution in [-0.2, 0) is 24.5 Å². The summed E-state index contributed by atoms with van der Waals surface area (Å²) in [6.07, 6.45) is 1.70. The van der Waals surface area contributed by atoms with Crippen molar-refractivity contribution in [2.45, 2.75) is 78.9 Å². The average Bonchev–Trinajstić information content (AvgIpc) is 2.76. The van der Waals surface area contributed by atoms with Crippen LogP contribution in [0.2, 0.25) is 0 Å². The van der Waals surface area contributed by atoms with Gasteiger partial charge in [-0.1, -0.05) is 71.0 Å². The van der Waals surface area contributed by atoms with Crippen LogP contribution in [0.5, 0.6) is 0 Å². The predicted octanol–water partition coefficient (Wildman–Crippen LogP) is 3.44. The normalized spacial score (nSPS) is 15.2. The van der Waals surface area contributed by atoms with Gasteiger partial charge in [-0.15, -0.1) is 0 Å². The maximum absolute atomic E-state index is 13.5. The first-order valence-corrected chi connectivity index (χ1v) is 11.8. The van der Waals surface area contributed by atoms with E-state index < -0.39 is 28.9 Å². The fourth-order valence-corrected chi connectivity index (χ4v) is 3.92. The molecular weight excluding hydrogens is 430 g/mol. The number of hydrogen-bond acceptors (Lipinski definition) is 5. The van der Waals surface area contributed by atoms with E-state index in [1.807, 2.05) is 71.9 Å². The summed E-state index contributed by atoms with van der Waals surface area (Å²) in [5.41, 5.74) is 0.415. The Kier molecular flexibility index (Phi) is 10.5. The molecule has 2 amide bonds. The lowest BCUT2D eigenvalue weighted by Crippen LogP contribution is -2.61. The lowest BCUT2D eigenvalue weighted by molar-refractivity contribution is -0.140. The molecule has 2 N–H and O–H groups in total. The molecule has 7 nitrogen and oxygen atoms in total. The molecule has 7 heteroatoms. The van der Waals surface area contributed by atoms with Gasteiger partial charge in [-0.05, 0) is 38.8 Å². The average molecular weight is 474 g/mol. The fraction of sp³-hybridized carbons (Fsp3) is 0.593. The molecule has 1 aromatic rings. The van der Waals surface area contributed by atoms with Crippen molar-refractivity contribution < 1.29 is 19.1 Å². The third kappa shape index (κ3) is 7.42. The number of nitrogens with one attached hydrogen (secondary N) is 2. The van der Waals surface area contributed by atoms with Crippen molar-refractivity contribution in [3.63, 3.8) is 0 Å². The van der Waals surface area contributed by atoms with Gasteiger partial charge in [0.1, 0.15) is 6.04 Å². The summed E-state index contributed by atoms with van der Waals surface area (Å²) < 4.78 is 5.03. The highest BCUT2D eigenvalue weighted by Gasteiger charge is 2.41. The number of esters is 1. The first-order valence-electron chi connectivity index (χ1n) is 11.8. The second-order valence-corrected chi connectivity index (χ2v) is 10.4. The highest BCUT2D eigenvalue weighted by molar-refractivity contribution is 5.92. The number of likely N-dealkylation sites (N-methyl/N-ethyl adjacent to an activating group) is 2. The Hall–Kier alpha value is -2.67. The zero-order valence-corrected chi connectivity index (χ0v) is 22.5. The van der Waals surface area contributed by atoms with E-state index >= 15 is 0 Å². The molecule has 0 radical (unpaired) electrons. The third-order valence-electron chi connectivity index (χ3n) is 6.24. The maximum atomic E-state index is 13.5. The van der Waals surface area contributed by atoms with Gasteiger partial charge in [0.05, 0.1) is 12.6 Å². The SMILES string of the molecule is CCOC(=O)/C(C)=C/[C@H](C)N(C)C(=O)C(NC(=O)[C@@H](NC)C(C)(C)c1ccccc1)C(C)(C)C. The Morgan fingerprint density at radius 2 is 1.62 bits per heavy atom. The first-order chi connectivity index (χ1) is 15.7. The van der Waals surface area contributed by atoms with Gasteiger partial charge in [0.2, 0.25) is 11.8 Å². The van der Waals surface area contributed by atoms with Crippen LogP contribution in [0.3, 0.4) is 0 Å². The van der Waals surface area contributed by atoms with E-state index in [2.05, 4.69) is 10.6 Å². The van der Waals surface area contributed by atoms with Crippen molar-refractivity contribution in [2.24, 2.45) is 5.41 Å². The van der Waals surface area contributed by atoms with Gasteiger partial charge in [-0.25, -0.2) is 4.79 Å². The Balaban J connectivity index is 3.15. The van der Waals surface area contributed by atoms with Crippen LogP contribution < -0.4 is 10.6 Å². The lowest BCUT2D eigenvalue weighted by atomic mass is 9.76. The van der Waals surface area contributed by atoms with E-state index in [0.717, 1.165) is 5.56 Å².